The zero-order valence-corrected chi connectivity index (χ0v) is 14.6. The van der Waals surface area contributed by atoms with Gasteiger partial charge in [0.25, 0.3) is 0 Å². The second kappa shape index (κ2) is 12.3. The van der Waals surface area contributed by atoms with Gasteiger partial charge >= 0.3 is 133 Å². The monoisotopic (exact) mass is 356 g/mol. The van der Waals surface area contributed by atoms with E-state index in [2.05, 4.69) is 18.7 Å². The van der Waals surface area contributed by atoms with Gasteiger partial charge < -0.3 is 0 Å². The van der Waals surface area contributed by atoms with Crippen molar-refractivity contribution in [3.05, 3.63) is 43.0 Å². The minimum atomic E-state index is 0.239. The molecule has 0 spiro atoms. The molecule has 0 unspecified atom stereocenters. The van der Waals surface area contributed by atoms with Gasteiger partial charge in [-0.15, -0.1) is 0 Å². The van der Waals surface area contributed by atoms with E-state index in [-0.39, 0.29) is 13.8 Å². The van der Waals surface area contributed by atoms with Crippen LogP contribution in [0.5, 0.6) is 0 Å². The van der Waals surface area contributed by atoms with Gasteiger partial charge in [0.05, 0.1) is 0 Å². The van der Waals surface area contributed by atoms with E-state index in [9.17, 15) is 4.79 Å². The maximum atomic E-state index is 11.8. The molecule has 0 heterocycles. The SMILES string of the molecule is C=CCCCCCCCCC(=O)S[Se]c1ccccc1. The number of allylic oxidation sites excluding steroid dienone is 1. The van der Waals surface area contributed by atoms with Crippen LogP contribution >= 0.6 is 10.2 Å². The second-order valence-corrected chi connectivity index (χ2v) is 8.68. The van der Waals surface area contributed by atoms with Gasteiger partial charge in [-0.1, -0.05) is 0 Å². The number of unbranched alkanes of at least 4 members (excludes halogenated alkanes) is 6. The number of carbonyl (C=O) groups excluding carboxylic acids is 1. The standard InChI is InChI=1S/C17H24OSSe/c1-2-3-4-5-6-7-8-12-15-17(18)19-20-16-13-10-9-11-14-16/h2,9-11,13-14H,1,3-8,12,15H2. The molecule has 3 heteroatoms. The molecule has 0 fully saturated rings. The van der Waals surface area contributed by atoms with Crippen molar-refractivity contribution >= 4 is 33.6 Å². The molecule has 0 aromatic heterocycles. The van der Waals surface area contributed by atoms with Crippen LogP contribution in [-0.4, -0.2) is 19.0 Å². The minimum absolute atomic E-state index is 0.239. The Bertz CT molecular complexity index is 378. The first-order chi connectivity index (χ1) is 9.83. The fourth-order valence-electron chi connectivity index (χ4n) is 1.88. The van der Waals surface area contributed by atoms with Crippen LogP contribution in [0.15, 0.2) is 43.0 Å². The van der Waals surface area contributed by atoms with Crippen molar-refractivity contribution in [2.24, 2.45) is 0 Å². The molecule has 0 aliphatic heterocycles. The molecule has 110 valence electrons. The van der Waals surface area contributed by atoms with Crippen LogP contribution in [0.4, 0.5) is 0 Å². The first kappa shape index (κ1) is 17.6. The zero-order valence-electron chi connectivity index (χ0n) is 12.1. The molecule has 0 aliphatic carbocycles. The van der Waals surface area contributed by atoms with E-state index in [1.165, 1.54) is 46.7 Å². The molecule has 0 saturated carbocycles. The van der Waals surface area contributed by atoms with Gasteiger partial charge in [0.2, 0.25) is 0 Å². The van der Waals surface area contributed by atoms with Gasteiger partial charge in [-0.3, -0.25) is 0 Å². The average molecular weight is 355 g/mol. The maximum absolute atomic E-state index is 11.8. The van der Waals surface area contributed by atoms with Crippen molar-refractivity contribution < 1.29 is 4.79 Å². The van der Waals surface area contributed by atoms with Crippen LogP contribution in [0.1, 0.15) is 51.4 Å². The van der Waals surface area contributed by atoms with Crippen molar-refractivity contribution in [3.8, 4) is 0 Å². The Balaban J connectivity index is 1.94. The fraction of sp³-hybridized carbons (Fsp3) is 0.471. The summed E-state index contributed by atoms with van der Waals surface area (Å²) in [5.74, 6) is 0. The number of hydrogen-bond donors (Lipinski definition) is 0. The average Bonchev–Trinajstić information content (AvgIpc) is 2.49. The Hall–Kier alpha value is -0.501. The molecule has 0 aliphatic rings. The Morgan fingerprint density at radius 2 is 1.70 bits per heavy atom. The Kier molecular flexibility index (Phi) is 10.8. The summed E-state index contributed by atoms with van der Waals surface area (Å²) in [6.07, 6.45) is 11.2. The summed E-state index contributed by atoms with van der Waals surface area (Å²) >= 11 is 0.239. The topological polar surface area (TPSA) is 17.1 Å². The van der Waals surface area contributed by atoms with Crippen LogP contribution < -0.4 is 4.46 Å². The molecule has 1 aromatic carbocycles. The van der Waals surface area contributed by atoms with Crippen molar-refractivity contribution in [1.82, 2.24) is 0 Å². The molecular formula is C17H24OSSe. The molecule has 1 nitrogen and oxygen atoms in total. The summed E-state index contributed by atoms with van der Waals surface area (Å²) < 4.78 is 1.29. The first-order valence-corrected chi connectivity index (χ1v) is 11.1. The first-order valence-electron chi connectivity index (χ1n) is 7.36. The predicted octanol–water partition coefficient (Wildman–Crippen LogP) is 4.50. The molecular weight excluding hydrogens is 331 g/mol. The van der Waals surface area contributed by atoms with E-state index in [0.717, 1.165) is 19.3 Å². The summed E-state index contributed by atoms with van der Waals surface area (Å²) in [7, 11) is 1.52. The van der Waals surface area contributed by atoms with E-state index >= 15 is 0 Å². The number of carbonyl (C=O) groups is 1. The molecule has 1 rings (SSSR count). The number of benzene rings is 1. The van der Waals surface area contributed by atoms with Crippen molar-refractivity contribution in [3.63, 3.8) is 0 Å². The quantitative estimate of drug-likeness (QED) is 0.330. The third kappa shape index (κ3) is 9.41. The van der Waals surface area contributed by atoms with E-state index in [4.69, 9.17) is 0 Å². The van der Waals surface area contributed by atoms with E-state index < -0.39 is 0 Å². The summed E-state index contributed by atoms with van der Waals surface area (Å²) in [5.41, 5.74) is 0. The molecule has 0 atom stereocenters. The van der Waals surface area contributed by atoms with Gasteiger partial charge in [0, 0.05) is 0 Å². The molecule has 0 amide bonds. The molecule has 0 radical (unpaired) electrons. The van der Waals surface area contributed by atoms with Crippen LogP contribution in [0.3, 0.4) is 0 Å². The molecule has 0 saturated heterocycles. The van der Waals surface area contributed by atoms with Crippen LogP contribution in [0.2, 0.25) is 0 Å². The number of rotatable bonds is 11. The van der Waals surface area contributed by atoms with Crippen LogP contribution in [-0.2, 0) is 4.79 Å². The normalized spacial score (nSPS) is 10.4. The second-order valence-electron chi connectivity index (χ2n) is 4.80. The Labute approximate surface area is 132 Å². The van der Waals surface area contributed by atoms with Crippen LogP contribution in [0, 0.1) is 0 Å². The van der Waals surface area contributed by atoms with Crippen molar-refractivity contribution in [2.45, 2.75) is 51.4 Å². The van der Waals surface area contributed by atoms with E-state index in [0.29, 0.717) is 5.12 Å². The van der Waals surface area contributed by atoms with Gasteiger partial charge in [-0.25, -0.2) is 0 Å². The van der Waals surface area contributed by atoms with Gasteiger partial charge in [-0.2, -0.15) is 0 Å². The number of hydrogen-bond acceptors (Lipinski definition) is 2. The van der Waals surface area contributed by atoms with Crippen LogP contribution in [0.25, 0.3) is 0 Å². The zero-order chi connectivity index (χ0) is 14.5. The van der Waals surface area contributed by atoms with E-state index in [1.807, 2.05) is 24.3 Å². The third-order valence-corrected chi connectivity index (χ3v) is 7.16. The summed E-state index contributed by atoms with van der Waals surface area (Å²) in [6.45, 7) is 3.73. The third-order valence-electron chi connectivity index (χ3n) is 3.01. The van der Waals surface area contributed by atoms with Gasteiger partial charge in [0.15, 0.2) is 0 Å². The van der Waals surface area contributed by atoms with Gasteiger partial charge in [-0.05, 0) is 0 Å². The molecule has 1 aromatic rings. The summed E-state index contributed by atoms with van der Waals surface area (Å²) in [6, 6.07) is 10.3. The predicted molar refractivity (Wildman–Crippen MR) is 91.6 cm³/mol. The van der Waals surface area contributed by atoms with E-state index in [1.54, 1.807) is 0 Å². The van der Waals surface area contributed by atoms with Crippen molar-refractivity contribution in [2.75, 3.05) is 0 Å². The molecule has 20 heavy (non-hydrogen) atoms. The fourth-order valence-corrected chi connectivity index (χ4v) is 5.15. The van der Waals surface area contributed by atoms with Gasteiger partial charge in [0.1, 0.15) is 0 Å². The summed E-state index contributed by atoms with van der Waals surface area (Å²) in [4.78, 5) is 11.8. The molecule has 0 N–H and O–H groups in total. The Morgan fingerprint density at radius 1 is 1.05 bits per heavy atom. The molecule has 0 bridgehead atoms. The summed E-state index contributed by atoms with van der Waals surface area (Å²) in [5, 5.41) is 0.362. The van der Waals surface area contributed by atoms with Crippen molar-refractivity contribution in [1.29, 1.82) is 0 Å². The Morgan fingerprint density at radius 3 is 2.40 bits per heavy atom.